The van der Waals surface area contributed by atoms with Gasteiger partial charge in [-0.15, -0.1) is 11.3 Å². The highest BCUT2D eigenvalue weighted by Crippen LogP contribution is 2.35. The molecule has 0 aliphatic carbocycles. The Labute approximate surface area is 108 Å². The van der Waals surface area contributed by atoms with E-state index in [1.807, 2.05) is 25.2 Å². The molecule has 3 heteroatoms. The number of nitrogens with zero attached hydrogens (tertiary/aromatic N) is 2. The summed E-state index contributed by atoms with van der Waals surface area (Å²) < 4.78 is 0. The molecule has 1 aliphatic rings. The van der Waals surface area contributed by atoms with E-state index in [2.05, 4.69) is 28.5 Å². The van der Waals surface area contributed by atoms with Crippen LogP contribution in [0.25, 0.3) is 0 Å². The molecule has 0 radical (unpaired) electrons. The fourth-order valence-electron chi connectivity index (χ4n) is 2.38. The molecule has 0 saturated carbocycles. The first kappa shape index (κ1) is 12.6. The minimum absolute atomic E-state index is 0.192. The molecule has 0 spiro atoms. The summed E-state index contributed by atoms with van der Waals surface area (Å²) in [5, 5.41) is 11.2. The summed E-state index contributed by atoms with van der Waals surface area (Å²) in [5.41, 5.74) is -0.192. The molecule has 0 amide bonds. The van der Waals surface area contributed by atoms with Crippen molar-refractivity contribution in [3.63, 3.8) is 0 Å². The third-order valence-electron chi connectivity index (χ3n) is 3.56. The van der Waals surface area contributed by atoms with Crippen LogP contribution in [0.5, 0.6) is 0 Å². The van der Waals surface area contributed by atoms with Crippen molar-refractivity contribution in [3.8, 4) is 6.07 Å². The first-order valence-corrected chi connectivity index (χ1v) is 7.19. The van der Waals surface area contributed by atoms with E-state index < -0.39 is 0 Å². The third-order valence-corrected chi connectivity index (χ3v) is 4.54. The maximum absolute atomic E-state index is 9.05. The van der Waals surface area contributed by atoms with Crippen LogP contribution in [-0.4, -0.2) is 18.0 Å². The van der Waals surface area contributed by atoms with Gasteiger partial charge in [-0.3, -0.25) is 4.90 Å². The van der Waals surface area contributed by atoms with Crippen molar-refractivity contribution in [2.75, 3.05) is 13.1 Å². The van der Waals surface area contributed by atoms with Crippen molar-refractivity contribution in [1.82, 2.24) is 4.90 Å². The van der Waals surface area contributed by atoms with Gasteiger partial charge in [0.05, 0.1) is 11.5 Å². The highest BCUT2D eigenvalue weighted by molar-refractivity contribution is 7.10. The van der Waals surface area contributed by atoms with Crippen molar-refractivity contribution < 1.29 is 0 Å². The molecule has 0 N–H and O–H groups in total. The van der Waals surface area contributed by atoms with E-state index in [9.17, 15) is 0 Å². The van der Waals surface area contributed by atoms with Crippen LogP contribution in [0.3, 0.4) is 0 Å². The maximum Gasteiger partial charge on any atom is 0.0684 e. The van der Waals surface area contributed by atoms with Gasteiger partial charge in [0.15, 0.2) is 0 Å². The molecule has 1 atom stereocenters. The predicted molar refractivity (Wildman–Crippen MR) is 71.9 cm³/mol. The second-order valence-corrected chi connectivity index (χ2v) is 6.43. The van der Waals surface area contributed by atoms with Gasteiger partial charge in [-0.05, 0) is 51.1 Å². The molecule has 0 aromatic carbocycles. The molecule has 92 valence electrons. The molecule has 0 unspecified atom stereocenters. The van der Waals surface area contributed by atoms with Crippen LogP contribution in [0.2, 0.25) is 0 Å². The van der Waals surface area contributed by atoms with Gasteiger partial charge in [0.2, 0.25) is 0 Å². The molecule has 0 bridgehead atoms. The molecule has 1 saturated heterocycles. The fraction of sp³-hybridized carbons (Fsp3) is 0.643. The zero-order chi connectivity index (χ0) is 12.3. The fourth-order valence-corrected chi connectivity index (χ4v) is 3.27. The Morgan fingerprint density at radius 3 is 3.06 bits per heavy atom. The third kappa shape index (κ3) is 3.08. The molecule has 2 rings (SSSR count). The smallest absolute Gasteiger partial charge is 0.0684 e. The largest absolute Gasteiger partial charge is 0.295 e. The summed E-state index contributed by atoms with van der Waals surface area (Å²) >= 11 is 1.86. The van der Waals surface area contributed by atoms with Gasteiger partial charge in [-0.2, -0.15) is 5.26 Å². The van der Waals surface area contributed by atoms with Gasteiger partial charge in [-0.1, -0.05) is 6.07 Å². The van der Waals surface area contributed by atoms with E-state index in [0.29, 0.717) is 6.04 Å². The number of likely N-dealkylation sites (tertiary alicyclic amines) is 1. The lowest BCUT2D eigenvalue weighted by Gasteiger charge is -2.26. The van der Waals surface area contributed by atoms with Crippen LogP contribution >= 0.6 is 11.3 Å². The molecule has 1 aromatic rings. The SMILES string of the molecule is CC(C)(C#N)CCN1CCC[C@@H]1c1cccs1. The lowest BCUT2D eigenvalue weighted by atomic mass is 9.91. The second kappa shape index (κ2) is 5.20. The van der Waals surface area contributed by atoms with Crippen LogP contribution < -0.4 is 0 Å². The Balaban J connectivity index is 1.95. The molecule has 1 aromatic heterocycles. The van der Waals surface area contributed by atoms with Crippen molar-refractivity contribution in [2.45, 2.75) is 39.2 Å². The first-order valence-electron chi connectivity index (χ1n) is 6.31. The number of hydrogen-bond acceptors (Lipinski definition) is 3. The molecular weight excluding hydrogens is 228 g/mol. The summed E-state index contributed by atoms with van der Waals surface area (Å²) in [6.45, 7) is 6.29. The Morgan fingerprint density at radius 1 is 1.59 bits per heavy atom. The lowest BCUT2D eigenvalue weighted by Crippen LogP contribution is -2.27. The second-order valence-electron chi connectivity index (χ2n) is 5.46. The quantitative estimate of drug-likeness (QED) is 0.810. The first-order chi connectivity index (χ1) is 8.12. The Morgan fingerprint density at radius 2 is 2.41 bits per heavy atom. The number of nitriles is 1. The highest BCUT2D eigenvalue weighted by atomic mass is 32.1. The van der Waals surface area contributed by atoms with Crippen LogP contribution in [0.1, 0.15) is 44.0 Å². The Bertz CT molecular complexity index is 389. The van der Waals surface area contributed by atoms with Gasteiger partial charge in [0, 0.05) is 17.5 Å². The average Bonchev–Trinajstić information content (AvgIpc) is 2.96. The van der Waals surface area contributed by atoms with E-state index in [1.54, 1.807) is 0 Å². The van der Waals surface area contributed by atoms with Gasteiger partial charge >= 0.3 is 0 Å². The zero-order valence-corrected chi connectivity index (χ0v) is 11.5. The minimum Gasteiger partial charge on any atom is -0.295 e. The van der Waals surface area contributed by atoms with Crippen LogP contribution in [0.4, 0.5) is 0 Å². The molecule has 1 fully saturated rings. The van der Waals surface area contributed by atoms with Crippen molar-refractivity contribution in [2.24, 2.45) is 5.41 Å². The van der Waals surface area contributed by atoms with Crippen molar-refractivity contribution >= 4 is 11.3 Å². The molecule has 2 heterocycles. The van der Waals surface area contributed by atoms with Crippen LogP contribution in [-0.2, 0) is 0 Å². The molecule has 2 nitrogen and oxygen atoms in total. The van der Waals surface area contributed by atoms with E-state index in [1.165, 1.54) is 24.3 Å². The molecular formula is C14H20N2S. The monoisotopic (exact) mass is 248 g/mol. The maximum atomic E-state index is 9.05. The van der Waals surface area contributed by atoms with E-state index in [-0.39, 0.29) is 5.41 Å². The summed E-state index contributed by atoms with van der Waals surface area (Å²) in [5.74, 6) is 0. The van der Waals surface area contributed by atoms with Crippen LogP contribution in [0, 0.1) is 16.7 Å². The number of rotatable bonds is 4. The Hall–Kier alpha value is -0.850. The molecule has 1 aliphatic heterocycles. The van der Waals surface area contributed by atoms with Gasteiger partial charge in [0.1, 0.15) is 0 Å². The minimum atomic E-state index is -0.192. The van der Waals surface area contributed by atoms with E-state index >= 15 is 0 Å². The molecule has 17 heavy (non-hydrogen) atoms. The lowest BCUT2D eigenvalue weighted by molar-refractivity contribution is 0.230. The highest BCUT2D eigenvalue weighted by Gasteiger charge is 2.28. The van der Waals surface area contributed by atoms with Gasteiger partial charge in [-0.25, -0.2) is 0 Å². The van der Waals surface area contributed by atoms with Crippen molar-refractivity contribution in [1.29, 1.82) is 5.26 Å². The standard InChI is InChI=1S/C14H20N2S/c1-14(2,11-15)7-9-16-8-3-5-12(16)13-6-4-10-17-13/h4,6,10,12H,3,5,7-9H2,1-2H3/t12-/m1/s1. The zero-order valence-electron chi connectivity index (χ0n) is 10.6. The van der Waals surface area contributed by atoms with Crippen molar-refractivity contribution in [3.05, 3.63) is 22.4 Å². The van der Waals surface area contributed by atoms with Crippen LogP contribution in [0.15, 0.2) is 17.5 Å². The topological polar surface area (TPSA) is 27.0 Å². The Kier molecular flexibility index (Phi) is 3.86. The van der Waals surface area contributed by atoms with Gasteiger partial charge < -0.3 is 0 Å². The van der Waals surface area contributed by atoms with Gasteiger partial charge in [0.25, 0.3) is 0 Å². The summed E-state index contributed by atoms with van der Waals surface area (Å²) in [6, 6.07) is 7.37. The normalized spacial score (nSPS) is 21.6. The van der Waals surface area contributed by atoms with E-state index in [0.717, 1.165) is 13.0 Å². The summed E-state index contributed by atoms with van der Waals surface area (Å²) in [4.78, 5) is 4.03. The average molecular weight is 248 g/mol. The number of thiophene rings is 1. The number of hydrogen-bond donors (Lipinski definition) is 0. The predicted octanol–water partition coefficient (Wildman–Crippen LogP) is 3.82. The van der Waals surface area contributed by atoms with E-state index in [4.69, 9.17) is 5.26 Å². The summed E-state index contributed by atoms with van der Waals surface area (Å²) in [6.07, 6.45) is 3.52. The summed E-state index contributed by atoms with van der Waals surface area (Å²) in [7, 11) is 0.